The molecule has 0 aliphatic carbocycles. The van der Waals surface area contributed by atoms with E-state index in [1.54, 1.807) is 36.9 Å². The molecule has 2 rings (SSSR count). The number of carbonyl (C=O) groups excluding carboxylic acids is 3. The number of carbonyl (C=O) groups is 3. The summed E-state index contributed by atoms with van der Waals surface area (Å²) in [6.45, 7) is 4.86. The molecule has 0 atom stereocenters. The van der Waals surface area contributed by atoms with Gasteiger partial charge in [0, 0.05) is 29.8 Å². The summed E-state index contributed by atoms with van der Waals surface area (Å²) in [5, 5.41) is 5.84. The first-order valence-electron chi connectivity index (χ1n) is 8.20. The van der Waals surface area contributed by atoms with Crippen molar-refractivity contribution in [2.45, 2.75) is 32.7 Å². The van der Waals surface area contributed by atoms with Crippen LogP contribution in [0.15, 0.2) is 18.2 Å². The zero-order chi connectivity index (χ0) is 18.4. The average molecular weight is 368 g/mol. The van der Waals surface area contributed by atoms with Gasteiger partial charge in [-0.3, -0.25) is 9.59 Å². The number of nitrogens with zero attached hydrogens (tertiary/aromatic N) is 1. The summed E-state index contributed by atoms with van der Waals surface area (Å²) in [4.78, 5) is 37.3. The van der Waals surface area contributed by atoms with Crippen molar-refractivity contribution in [2.75, 3.05) is 25.0 Å². The Morgan fingerprint density at radius 2 is 1.92 bits per heavy atom. The molecule has 0 spiro atoms. The summed E-state index contributed by atoms with van der Waals surface area (Å²) in [7, 11) is 0. The number of rotatable bonds is 3. The second-order valence-corrected chi connectivity index (χ2v) is 6.28. The third-order valence-electron chi connectivity index (χ3n) is 4.00. The molecular weight excluding hydrogens is 346 g/mol. The number of amides is 3. The van der Waals surface area contributed by atoms with Crippen molar-refractivity contribution >= 4 is 35.2 Å². The molecule has 1 aromatic rings. The van der Waals surface area contributed by atoms with Crippen molar-refractivity contribution in [1.29, 1.82) is 0 Å². The van der Waals surface area contributed by atoms with E-state index in [0.717, 1.165) is 5.56 Å². The molecule has 1 aliphatic rings. The molecule has 0 unspecified atom stereocenters. The number of aryl methyl sites for hydroxylation is 1. The Balaban J connectivity index is 1.82. The Bertz CT molecular complexity index is 657. The number of nitrogens with one attached hydrogen (secondary N) is 2. The van der Waals surface area contributed by atoms with E-state index >= 15 is 0 Å². The largest absolute Gasteiger partial charge is 0.450 e. The molecule has 1 aromatic carbocycles. The number of halogens is 1. The van der Waals surface area contributed by atoms with Crippen molar-refractivity contribution < 1.29 is 19.1 Å². The number of ether oxygens (including phenoxy) is 1. The van der Waals surface area contributed by atoms with Crippen LogP contribution in [0, 0.1) is 6.92 Å². The first-order chi connectivity index (χ1) is 11.9. The average Bonchev–Trinajstić information content (AvgIpc) is 2.58. The van der Waals surface area contributed by atoms with Gasteiger partial charge in [0.1, 0.15) is 0 Å². The fraction of sp³-hybridized carbons (Fsp3) is 0.471. The van der Waals surface area contributed by atoms with Crippen LogP contribution in [-0.4, -0.2) is 48.5 Å². The van der Waals surface area contributed by atoms with Crippen LogP contribution in [0.1, 0.15) is 25.3 Å². The maximum atomic E-state index is 12.1. The van der Waals surface area contributed by atoms with E-state index in [2.05, 4.69) is 10.6 Å². The van der Waals surface area contributed by atoms with Crippen LogP contribution in [0.5, 0.6) is 0 Å². The highest BCUT2D eigenvalue weighted by Crippen LogP contribution is 2.19. The number of likely N-dealkylation sites (tertiary alicyclic amines) is 1. The van der Waals surface area contributed by atoms with Gasteiger partial charge in [0.25, 0.3) is 0 Å². The van der Waals surface area contributed by atoms with Gasteiger partial charge >= 0.3 is 17.9 Å². The Morgan fingerprint density at radius 1 is 1.24 bits per heavy atom. The molecule has 0 radical (unpaired) electrons. The number of benzene rings is 1. The quantitative estimate of drug-likeness (QED) is 0.802. The summed E-state index contributed by atoms with van der Waals surface area (Å²) in [6, 6.07) is 4.86. The van der Waals surface area contributed by atoms with Gasteiger partial charge in [0.05, 0.1) is 6.61 Å². The van der Waals surface area contributed by atoms with Crippen molar-refractivity contribution in [3.63, 3.8) is 0 Å². The smallest absolute Gasteiger partial charge is 0.409 e. The number of hydrogen-bond acceptors (Lipinski definition) is 4. The Labute approximate surface area is 151 Å². The fourth-order valence-electron chi connectivity index (χ4n) is 2.62. The molecule has 0 aromatic heterocycles. The van der Waals surface area contributed by atoms with E-state index in [1.165, 1.54) is 0 Å². The molecule has 1 heterocycles. The molecule has 8 heteroatoms. The Kier molecular flexibility index (Phi) is 6.64. The highest BCUT2D eigenvalue weighted by molar-refractivity contribution is 6.39. The molecule has 1 aliphatic heterocycles. The standard InChI is InChI=1S/C17H22ClN3O4/c1-3-25-17(24)21-8-6-13(7-9-21)19-15(22)16(23)20-14-5-4-12(18)10-11(14)2/h4-5,10,13H,3,6-9H2,1-2H3,(H,19,22)(H,20,23). The lowest BCUT2D eigenvalue weighted by molar-refractivity contribution is -0.136. The third kappa shape index (κ3) is 5.35. The summed E-state index contributed by atoms with van der Waals surface area (Å²) in [6.07, 6.45) is 0.818. The molecule has 3 amide bonds. The minimum absolute atomic E-state index is 0.143. The van der Waals surface area contributed by atoms with E-state index in [0.29, 0.717) is 43.2 Å². The predicted octanol–water partition coefficient (Wildman–Crippen LogP) is 2.32. The van der Waals surface area contributed by atoms with Gasteiger partial charge in [-0.25, -0.2) is 4.79 Å². The molecule has 7 nitrogen and oxygen atoms in total. The van der Waals surface area contributed by atoms with Gasteiger partial charge in [0.2, 0.25) is 0 Å². The van der Waals surface area contributed by atoms with Gasteiger partial charge in [-0.1, -0.05) is 11.6 Å². The lowest BCUT2D eigenvalue weighted by Gasteiger charge is -2.31. The minimum Gasteiger partial charge on any atom is -0.450 e. The molecular formula is C17H22ClN3O4. The zero-order valence-electron chi connectivity index (χ0n) is 14.3. The van der Waals surface area contributed by atoms with Crippen LogP contribution in [0.25, 0.3) is 0 Å². The van der Waals surface area contributed by atoms with Gasteiger partial charge < -0.3 is 20.3 Å². The van der Waals surface area contributed by atoms with E-state index in [9.17, 15) is 14.4 Å². The first-order valence-corrected chi connectivity index (χ1v) is 8.58. The lowest BCUT2D eigenvalue weighted by atomic mass is 10.1. The Morgan fingerprint density at radius 3 is 2.52 bits per heavy atom. The molecule has 25 heavy (non-hydrogen) atoms. The maximum absolute atomic E-state index is 12.1. The van der Waals surface area contributed by atoms with Crippen LogP contribution < -0.4 is 10.6 Å². The van der Waals surface area contributed by atoms with Crippen LogP contribution in [0.2, 0.25) is 5.02 Å². The topological polar surface area (TPSA) is 87.7 Å². The molecule has 0 bridgehead atoms. The van der Waals surface area contributed by atoms with E-state index in [-0.39, 0.29) is 12.1 Å². The van der Waals surface area contributed by atoms with E-state index in [1.807, 2.05) is 0 Å². The molecule has 136 valence electrons. The highest BCUT2D eigenvalue weighted by Gasteiger charge is 2.26. The van der Waals surface area contributed by atoms with Gasteiger partial charge in [-0.05, 0) is 50.5 Å². The third-order valence-corrected chi connectivity index (χ3v) is 4.23. The van der Waals surface area contributed by atoms with Crippen LogP contribution in [0.4, 0.5) is 10.5 Å². The minimum atomic E-state index is -0.724. The van der Waals surface area contributed by atoms with Crippen molar-refractivity contribution in [3.05, 3.63) is 28.8 Å². The summed E-state index contributed by atoms with van der Waals surface area (Å²) < 4.78 is 4.95. The molecule has 1 saturated heterocycles. The predicted molar refractivity (Wildman–Crippen MR) is 94.6 cm³/mol. The number of hydrogen-bond donors (Lipinski definition) is 2. The van der Waals surface area contributed by atoms with Gasteiger partial charge in [-0.2, -0.15) is 0 Å². The van der Waals surface area contributed by atoms with Crippen molar-refractivity contribution in [1.82, 2.24) is 10.2 Å². The molecule has 1 fully saturated rings. The number of piperidine rings is 1. The summed E-state index contributed by atoms with van der Waals surface area (Å²) in [5.74, 6) is -1.41. The highest BCUT2D eigenvalue weighted by atomic mass is 35.5. The fourth-order valence-corrected chi connectivity index (χ4v) is 2.85. The first kappa shape index (κ1) is 19.1. The van der Waals surface area contributed by atoms with E-state index < -0.39 is 11.8 Å². The van der Waals surface area contributed by atoms with Gasteiger partial charge in [-0.15, -0.1) is 0 Å². The van der Waals surface area contributed by atoms with Crippen LogP contribution >= 0.6 is 11.6 Å². The number of anilines is 1. The normalized spacial score (nSPS) is 14.8. The second-order valence-electron chi connectivity index (χ2n) is 5.85. The summed E-state index contributed by atoms with van der Waals surface area (Å²) in [5.41, 5.74) is 1.32. The monoisotopic (exact) mass is 367 g/mol. The molecule has 2 N–H and O–H groups in total. The second kappa shape index (κ2) is 8.71. The lowest BCUT2D eigenvalue weighted by Crippen LogP contribution is -2.49. The van der Waals surface area contributed by atoms with Crippen molar-refractivity contribution in [3.8, 4) is 0 Å². The van der Waals surface area contributed by atoms with E-state index in [4.69, 9.17) is 16.3 Å². The van der Waals surface area contributed by atoms with Crippen molar-refractivity contribution in [2.24, 2.45) is 0 Å². The Hall–Kier alpha value is -2.28. The maximum Gasteiger partial charge on any atom is 0.409 e. The van der Waals surface area contributed by atoms with Gasteiger partial charge in [0.15, 0.2) is 0 Å². The zero-order valence-corrected chi connectivity index (χ0v) is 15.1. The SMILES string of the molecule is CCOC(=O)N1CCC(NC(=O)C(=O)Nc2ccc(Cl)cc2C)CC1. The summed E-state index contributed by atoms with van der Waals surface area (Å²) >= 11 is 5.87. The van der Waals surface area contributed by atoms with Crippen LogP contribution in [0.3, 0.4) is 0 Å². The van der Waals surface area contributed by atoms with Crippen LogP contribution in [-0.2, 0) is 14.3 Å². The molecule has 0 saturated carbocycles.